The van der Waals surface area contributed by atoms with Gasteiger partial charge < -0.3 is 9.64 Å². The number of unbranched alkanes of at least 4 members (excludes halogenated alkanes) is 6. The smallest absolute Gasteiger partial charge is 0.0999 e. The van der Waals surface area contributed by atoms with Gasteiger partial charge in [-0.1, -0.05) is 39.0 Å². The van der Waals surface area contributed by atoms with E-state index in [1.165, 1.54) is 38.5 Å². The average molecular weight is 227 g/mol. The Balaban J connectivity index is 3.04. The minimum atomic E-state index is 0.792. The van der Waals surface area contributed by atoms with Crippen LogP contribution in [-0.4, -0.2) is 32.1 Å². The van der Waals surface area contributed by atoms with Crippen molar-refractivity contribution in [2.75, 3.05) is 27.2 Å². The van der Waals surface area contributed by atoms with Crippen molar-refractivity contribution < 1.29 is 4.74 Å². The van der Waals surface area contributed by atoms with Gasteiger partial charge in [0.15, 0.2) is 0 Å². The molecule has 2 nitrogen and oxygen atoms in total. The molecule has 0 heterocycles. The summed E-state index contributed by atoms with van der Waals surface area (Å²) < 4.78 is 5.37. The molecule has 0 aromatic heterocycles. The predicted octanol–water partition coefficient (Wildman–Crippen LogP) is 3.83. The highest BCUT2D eigenvalue weighted by atomic mass is 16.5. The second-order valence-electron chi connectivity index (χ2n) is 4.60. The van der Waals surface area contributed by atoms with Crippen LogP contribution in [0.2, 0.25) is 0 Å². The molecule has 0 amide bonds. The van der Waals surface area contributed by atoms with Crippen LogP contribution in [0.3, 0.4) is 0 Å². The van der Waals surface area contributed by atoms with Gasteiger partial charge in [0.25, 0.3) is 0 Å². The van der Waals surface area contributed by atoms with Gasteiger partial charge in [-0.25, -0.2) is 0 Å². The van der Waals surface area contributed by atoms with Crippen LogP contribution in [0.25, 0.3) is 0 Å². The van der Waals surface area contributed by atoms with E-state index in [-0.39, 0.29) is 0 Å². The van der Waals surface area contributed by atoms with Crippen LogP contribution in [0.1, 0.15) is 51.9 Å². The van der Waals surface area contributed by atoms with Crippen molar-refractivity contribution in [2.45, 2.75) is 51.9 Å². The molecule has 0 aliphatic heterocycles. The standard InChI is InChI=1S/C14H29NO/c1-4-5-6-7-8-9-10-11-13-16-14-12-15(2)3/h11,13H,4-10,12,14H2,1-3H3. The van der Waals surface area contributed by atoms with Gasteiger partial charge in [-0.15, -0.1) is 0 Å². The van der Waals surface area contributed by atoms with E-state index in [9.17, 15) is 0 Å². The van der Waals surface area contributed by atoms with E-state index in [0.29, 0.717) is 0 Å². The fourth-order valence-electron chi connectivity index (χ4n) is 1.48. The van der Waals surface area contributed by atoms with Crippen molar-refractivity contribution in [1.29, 1.82) is 0 Å². The summed E-state index contributed by atoms with van der Waals surface area (Å²) in [6, 6.07) is 0. The summed E-state index contributed by atoms with van der Waals surface area (Å²) in [6.07, 6.45) is 13.4. The zero-order valence-electron chi connectivity index (χ0n) is 11.4. The molecule has 0 saturated heterocycles. The molecule has 0 aromatic rings. The normalized spacial score (nSPS) is 11.5. The van der Waals surface area contributed by atoms with Gasteiger partial charge in [0.05, 0.1) is 12.9 Å². The molecule has 16 heavy (non-hydrogen) atoms. The minimum Gasteiger partial charge on any atom is -0.500 e. The van der Waals surface area contributed by atoms with Crippen LogP contribution >= 0.6 is 0 Å². The van der Waals surface area contributed by atoms with Gasteiger partial charge in [0.1, 0.15) is 0 Å². The Labute approximate surface area is 102 Å². The molecular formula is C14H29NO. The third kappa shape index (κ3) is 13.5. The van der Waals surface area contributed by atoms with Crippen molar-refractivity contribution in [3.63, 3.8) is 0 Å². The van der Waals surface area contributed by atoms with Gasteiger partial charge in [-0.3, -0.25) is 0 Å². The lowest BCUT2D eigenvalue weighted by Crippen LogP contribution is -2.16. The molecule has 0 unspecified atom stereocenters. The molecule has 0 aliphatic rings. The fourth-order valence-corrected chi connectivity index (χ4v) is 1.48. The molecule has 0 spiro atoms. The third-order valence-electron chi connectivity index (χ3n) is 2.57. The summed E-state index contributed by atoms with van der Waals surface area (Å²) in [5.41, 5.74) is 0. The highest BCUT2D eigenvalue weighted by molar-refractivity contribution is 4.73. The summed E-state index contributed by atoms with van der Waals surface area (Å²) in [5, 5.41) is 0. The Morgan fingerprint density at radius 1 is 1.00 bits per heavy atom. The Morgan fingerprint density at radius 3 is 2.38 bits per heavy atom. The summed E-state index contributed by atoms with van der Waals surface area (Å²) in [7, 11) is 4.12. The molecule has 0 radical (unpaired) electrons. The lowest BCUT2D eigenvalue weighted by atomic mass is 10.1. The van der Waals surface area contributed by atoms with Crippen molar-refractivity contribution in [3.8, 4) is 0 Å². The fraction of sp³-hybridized carbons (Fsp3) is 0.857. The van der Waals surface area contributed by atoms with E-state index in [1.807, 2.05) is 6.26 Å². The molecular weight excluding hydrogens is 198 g/mol. The third-order valence-corrected chi connectivity index (χ3v) is 2.57. The zero-order chi connectivity index (χ0) is 12.1. The molecule has 0 bridgehead atoms. The highest BCUT2D eigenvalue weighted by Crippen LogP contribution is 2.07. The van der Waals surface area contributed by atoms with Crippen LogP contribution in [0.4, 0.5) is 0 Å². The molecule has 0 fully saturated rings. The lowest BCUT2D eigenvalue weighted by molar-refractivity contribution is 0.211. The summed E-state index contributed by atoms with van der Waals surface area (Å²) in [6.45, 7) is 4.04. The molecule has 0 saturated carbocycles. The van der Waals surface area contributed by atoms with Gasteiger partial charge in [0, 0.05) is 6.54 Å². The van der Waals surface area contributed by atoms with Gasteiger partial charge in [-0.05, 0) is 33.0 Å². The first-order chi connectivity index (χ1) is 7.77. The van der Waals surface area contributed by atoms with E-state index in [4.69, 9.17) is 4.74 Å². The van der Waals surface area contributed by atoms with E-state index in [0.717, 1.165) is 19.6 Å². The quantitative estimate of drug-likeness (QED) is 0.393. The Morgan fingerprint density at radius 2 is 1.69 bits per heavy atom. The van der Waals surface area contributed by atoms with Crippen molar-refractivity contribution in [1.82, 2.24) is 4.90 Å². The molecule has 0 aromatic carbocycles. The maximum absolute atomic E-state index is 5.37. The first-order valence-corrected chi connectivity index (χ1v) is 6.68. The van der Waals surface area contributed by atoms with Crippen LogP contribution in [0.5, 0.6) is 0 Å². The summed E-state index contributed by atoms with van der Waals surface area (Å²) in [5.74, 6) is 0. The zero-order valence-corrected chi connectivity index (χ0v) is 11.4. The SMILES string of the molecule is CCCCCCCCC=COCCN(C)C. The number of rotatable bonds is 11. The maximum atomic E-state index is 5.37. The lowest BCUT2D eigenvalue weighted by Gasteiger charge is -2.07. The Kier molecular flexibility index (Phi) is 12.2. The van der Waals surface area contributed by atoms with Crippen molar-refractivity contribution in [3.05, 3.63) is 12.3 Å². The van der Waals surface area contributed by atoms with E-state index < -0.39 is 0 Å². The molecule has 2 heteroatoms. The second kappa shape index (κ2) is 12.6. The molecule has 0 rings (SSSR count). The molecule has 96 valence electrons. The number of ether oxygens (including phenoxy) is 1. The predicted molar refractivity (Wildman–Crippen MR) is 71.6 cm³/mol. The topological polar surface area (TPSA) is 12.5 Å². The van der Waals surface area contributed by atoms with Crippen LogP contribution in [-0.2, 0) is 4.74 Å². The molecule has 0 atom stereocenters. The van der Waals surface area contributed by atoms with Gasteiger partial charge in [0.2, 0.25) is 0 Å². The number of hydrogen-bond acceptors (Lipinski definition) is 2. The van der Waals surface area contributed by atoms with Crippen molar-refractivity contribution in [2.24, 2.45) is 0 Å². The number of nitrogens with zero attached hydrogens (tertiary/aromatic N) is 1. The highest BCUT2D eigenvalue weighted by Gasteiger charge is 1.89. The second-order valence-corrected chi connectivity index (χ2v) is 4.60. The van der Waals surface area contributed by atoms with Crippen LogP contribution in [0, 0.1) is 0 Å². The van der Waals surface area contributed by atoms with Crippen molar-refractivity contribution >= 4 is 0 Å². The van der Waals surface area contributed by atoms with E-state index in [1.54, 1.807) is 0 Å². The largest absolute Gasteiger partial charge is 0.500 e. The van der Waals surface area contributed by atoms with E-state index >= 15 is 0 Å². The first-order valence-electron chi connectivity index (χ1n) is 6.68. The number of likely N-dealkylation sites (N-methyl/N-ethyl adjacent to an activating group) is 1. The van der Waals surface area contributed by atoms with E-state index in [2.05, 4.69) is 32.0 Å². The van der Waals surface area contributed by atoms with Crippen LogP contribution in [0.15, 0.2) is 12.3 Å². The Hall–Kier alpha value is -0.500. The number of hydrogen-bond donors (Lipinski definition) is 0. The average Bonchev–Trinajstić information content (AvgIpc) is 2.25. The van der Waals surface area contributed by atoms with Gasteiger partial charge >= 0.3 is 0 Å². The van der Waals surface area contributed by atoms with Gasteiger partial charge in [-0.2, -0.15) is 0 Å². The molecule has 0 aliphatic carbocycles. The van der Waals surface area contributed by atoms with Crippen LogP contribution < -0.4 is 0 Å². The monoisotopic (exact) mass is 227 g/mol. The first kappa shape index (κ1) is 15.5. The maximum Gasteiger partial charge on any atom is 0.0999 e. The summed E-state index contributed by atoms with van der Waals surface area (Å²) >= 11 is 0. The summed E-state index contributed by atoms with van der Waals surface area (Å²) in [4.78, 5) is 2.13. The minimum absolute atomic E-state index is 0.792. The number of allylic oxidation sites excluding steroid dienone is 1. The molecule has 0 N–H and O–H groups in total. The Bertz CT molecular complexity index is 155.